The molecule has 3 heterocycles. The normalized spacial score (nSPS) is 24.2. The van der Waals surface area contributed by atoms with Gasteiger partial charge in [0.05, 0.1) is 12.9 Å². The van der Waals surface area contributed by atoms with Crippen LogP contribution in [-0.2, 0) is 13.8 Å². The smallest absolute Gasteiger partial charge is 0.394 e. The summed E-state index contributed by atoms with van der Waals surface area (Å²) in [5.41, 5.74) is 5.18. The van der Waals surface area contributed by atoms with Crippen molar-refractivity contribution in [2.24, 2.45) is 0 Å². The van der Waals surface area contributed by atoms with Crippen molar-refractivity contribution in [3.8, 4) is 0 Å². The third-order valence-electron chi connectivity index (χ3n) is 3.39. The van der Waals surface area contributed by atoms with Crippen LogP contribution < -0.4 is 40.9 Å². The maximum atomic E-state index is 11.7. The van der Waals surface area contributed by atoms with Crippen LogP contribution in [0.4, 0.5) is 5.95 Å². The zero-order valence-corrected chi connectivity index (χ0v) is 15.5. The Morgan fingerprint density at radius 2 is 2.25 bits per heavy atom. The second kappa shape index (κ2) is 7.20. The third kappa shape index (κ3) is 3.87. The molecule has 0 radical (unpaired) electrons. The summed E-state index contributed by atoms with van der Waals surface area (Å²) in [4.78, 5) is 39.8. The molecule has 126 valence electrons. The van der Waals surface area contributed by atoms with E-state index in [1.807, 2.05) is 0 Å². The number of fused-ring (bicyclic) bond motifs is 1. The zero-order valence-electron chi connectivity index (χ0n) is 12.6. The van der Waals surface area contributed by atoms with Crippen LogP contribution in [0, 0.1) is 0 Å². The molecule has 6 N–H and O–H groups in total. The van der Waals surface area contributed by atoms with Gasteiger partial charge in [0.2, 0.25) is 5.95 Å². The number of nitrogens with one attached hydrogen (secondary N) is 1. The Morgan fingerprint density at radius 3 is 2.88 bits per heavy atom. The van der Waals surface area contributed by atoms with E-state index in [0.29, 0.717) is 0 Å². The number of nitrogens with zero attached hydrogens (tertiary/aromatic N) is 3. The Balaban J connectivity index is 0.00000208. The minimum absolute atomic E-state index is 0. The second-order valence-corrected chi connectivity index (χ2v) is 6.15. The van der Waals surface area contributed by atoms with Crippen molar-refractivity contribution < 1.29 is 58.3 Å². The number of rotatable bonds is 4. The molecule has 1 saturated heterocycles. The number of anilines is 1. The molecule has 0 amide bonds. The van der Waals surface area contributed by atoms with Crippen molar-refractivity contribution in [1.82, 2.24) is 19.5 Å². The molecule has 0 spiro atoms. The number of aliphatic hydroxyl groups excluding tert-OH is 1. The number of hydrogen-bond acceptors (Lipinski definition) is 8. The fourth-order valence-electron chi connectivity index (χ4n) is 2.48. The standard InChI is InChI=1S/C10H14N5O7P.Na/c11-10-13-8-7(9(17)14-10)12-3-15(8)6-1-4(5(2-16)21-6)22-23(18,19)20;/h3-6,16H,1-2H2,(H2,18,19,20)(H3,11,13,14,17);/q;+1/t4-,5+,6+;/m0./s1. The summed E-state index contributed by atoms with van der Waals surface area (Å²) >= 11 is 0. The first-order chi connectivity index (χ1) is 10.8. The molecule has 0 saturated carbocycles. The Morgan fingerprint density at radius 1 is 1.54 bits per heavy atom. The predicted octanol–water partition coefficient (Wildman–Crippen LogP) is -4.54. The first-order valence-electron chi connectivity index (χ1n) is 6.51. The van der Waals surface area contributed by atoms with E-state index in [0.717, 1.165) is 0 Å². The van der Waals surface area contributed by atoms with Gasteiger partial charge >= 0.3 is 37.4 Å². The Hall–Kier alpha value is -0.820. The van der Waals surface area contributed by atoms with Gasteiger partial charge in [-0.1, -0.05) is 0 Å². The monoisotopic (exact) mass is 370 g/mol. The largest absolute Gasteiger partial charge is 1.00 e. The Bertz CT molecular complexity index is 835. The molecule has 3 atom stereocenters. The number of imidazole rings is 1. The number of ether oxygens (including phenoxy) is 1. The second-order valence-electron chi connectivity index (χ2n) is 4.96. The maximum Gasteiger partial charge on any atom is 1.00 e. The number of H-pyrrole nitrogens is 1. The summed E-state index contributed by atoms with van der Waals surface area (Å²) in [6.07, 6.45) is -1.42. The molecule has 3 rings (SSSR count). The topological polar surface area (TPSA) is 186 Å². The van der Waals surface area contributed by atoms with Crippen LogP contribution in [0.25, 0.3) is 11.2 Å². The van der Waals surface area contributed by atoms with Crippen molar-refractivity contribution in [3.63, 3.8) is 0 Å². The average molecular weight is 370 g/mol. The van der Waals surface area contributed by atoms with Gasteiger partial charge in [-0.05, 0) is 0 Å². The molecule has 1 fully saturated rings. The summed E-state index contributed by atoms with van der Waals surface area (Å²) in [6, 6.07) is 0. The van der Waals surface area contributed by atoms with E-state index >= 15 is 0 Å². The Labute approximate surface area is 156 Å². The molecular weight excluding hydrogens is 356 g/mol. The van der Waals surface area contributed by atoms with Crippen molar-refractivity contribution in [3.05, 3.63) is 16.7 Å². The summed E-state index contributed by atoms with van der Waals surface area (Å²) in [5, 5.41) is 9.28. The molecule has 1 aliphatic heterocycles. The van der Waals surface area contributed by atoms with Crippen molar-refractivity contribution in [2.45, 2.75) is 24.9 Å². The van der Waals surface area contributed by atoms with Gasteiger partial charge in [0.1, 0.15) is 18.4 Å². The van der Waals surface area contributed by atoms with Crippen LogP contribution in [0.3, 0.4) is 0 Å². The van der Waals surface area contributed by atoms with Gasteiger partial charge in [0, 0.05) is 6.42 Å². The maximum absolute atomic E-state index is 11.7. The van der Waals surface area contributed by atoms with E-state index in [2.05, 4.69) is 19.5 Å². The van der Waals surface area contributed by atoms with Crippen molar-refractivity contribution in [2.75, 3.05) is 12.3 Å². The summed E-state index contributed by atoms with van der Waals surface area (Å²) in [7, 11) is -4.74. The van der Waals surface area contributed by atoms with E-state index in [4.69, 9.17) is 20.3 Å². The molecule has 12 nitrogen and oxygen atoms in total. The fourth-order valence-corrected chi connectivity index (χ4v) is 3.05. The van der Waals surface area contributed by atoms with Gasteiger partial charge in [0.15, 0.2) is 11.2 Å². The molecule has 14 heteroatoms. The average Bonchev–Trinajstić information content (AvgIpc) is 3.00. The van der Waals surface area contributed by atoms with Crippen LogP contribution in [0.2, 0.25) is 0 Å². The first-order valence-corrected chi connectivity index (χ1v) is 8.04. The van der Waals surface area contributed by atoms with Crippen LogP contribution >= 0.6 is 7.82 Å². The van der Waals surface area contributed by atoms with Crippen LogP contribution in [-0.4, -0.2) is 53.2 Å². The molecule has 0 unspecified atom stereocenters. The molecule has 24 heavy (non-hydrogen) atoms. The molecule has 2 aromatic heterocycles. The molecule has 0 aromatic carbocycles. The number of hydrogen-bond donors (Lipinski definition) is 5. The van der Waals surface area contributed by atoms with Gasteiger partial charge in [-0.3, -0.25) is 18.9 Å². The summed E-state index contributed by atoms with van der Waals surface area (Å²) in [6.45, 7) is -0.496. The van der Waals surface area contributed by atoms with Gasteiger partial charge in [-0.25, -0.2) is 9.55 Å². The number of phosphoric ester groups is 1. The van der Waals surface area contributed by atoms with Gasteiger partial charge < -0.3 is 25.4 Å². The van der Waals surface area contributed by atoms with Crippen LogP contribution in [0.5, 0.6) is 0 Å². The first kappa shape index (κ1) is 19.5. The molecule has 1 aliphatic rings. The van der Waals surface area contributed by atoms with Gasteiger partial charge in [-0.2, -0.15) is 4.98 Å². The molecule has 0 bridgehead atoms. The number of nitrogen functional groups attached to an aromatic ring is 1. The number of aliphatic hydroxyl groups is 1. The predicted molar refractivity (Wildman–Crippen MR) is 75.1 cm³/mol. The fraction of sp³-hybridized carbons (Fsp3) is 0.500. The number of aromatic nitrogens is 4. The molecule has 2 aromatic rings. The van der Waals surface area contributed by atoms with E-state index < -0.39 is 38.4 Å². The van der Waals surface area contributed by atoms with Crippen molar-refractivity contribution in [1.29, 1.82) is 0 Å². The zero-order chi connectivity index (χ0) is 16.8. The minimum Gasteiger partial charge on any atom is -0.394 e. The van der Waals surface area contributed by atoms with Crippen molar-refractivity contribution >= 4 is 24.9 Å². The van der Waals surface area contributed by atoms with E-state index in [9.17, 15) is 14.5 Å². The summed E-state index contributed by atoms with van der Waals surface area (Å²) < 4.78 is 22.5. The Kier molecular flexibility index (Phi) is 5.85. The number of aromatic amines is 1. The number of nitrogens with two attached hydrogens (primary N) is 1. The van der Waals surface area contributed by atoms with E-state index in [-0.39, 0.29) is 53.1 Å². The van der Waals surface area contributed by atoms with E-state index in [1.165, 1.54) is 10.9 Å². The number of phosphoric acid groups is 1. The third-order valence-corrected chi connectivity index (χ3v) is 3.94. The van der Waals surface area contributed by atoms with Crippen LogP contribution in [0.15, 0.2) is 11.1 Å². The minimum atomic E-state index is -4.74. The van der Waals surface area contributed by atoms with Crippen LogP contribution in [0.1, 0.15) is 12.6 Å². The summed E-state index contributed by atoms with van der Waals surface area (Å²) in [5.74, 6) is -0.107. The quantitative estimate of drug-likeness (QED) is 0.259. The SMILES string of the molecule is Nc1nc2c(ncn2[C@H]2C[C@H](OP(=O)(O)O)[C@@H](CO)O2)c(=O)[nH]1.[Na+]. The molecular formula is C10H14N5NaO7P+. The van der Waals surface area contributed by atoms with Gasteiger partial charge in [0.25, 0.3) is 5.56 Å². The van der Waals surface area contributed by atoms with E-state index in [1.54, 1.807) is 0 Å². The van der Waals surface area contributed by atoms with Gasteiger partial charge in [-0.15, -0.1) is 0 Å². The molecule has 0 aliphatic carbocycles.